The van der Waals surface area contributed by atoms with Crippen molar-refractivity contribution < 1.29 is 0 Å². The summed E-state index contributed by atoms with van der Waals surface area (Å²) in [6, 6.07) is 6.57. The maximum absolute atomic E-state index is 6.27. The van der Waals surface area contributed by atoms with E-state index >= 15 is 0 Å². The molecular weight excluding hydrogens is 248 g/mol. The zero-order chi connectivity index (χ0) is 13.8. The van der Waals surface area contributed by atoms with Crippen molar-refractivity contribution in [3.8, 4) is 0 Å². The lowest BCUT2D eigenvalue weighted by Gasteiger charge is -2.39. The van der Waals surface area contributed by atoms with E-state index in [1.165, 1.54) is 32.2 Å². The van der Waals surface area contributed by atoms with Gasteiger partial charge in [-0.3, -0.25) is 4.90 Å². The Balaban J connectivity index is 1.49. The van der Waals surface area contributed by atoms with Crippen LogP contribution in [0.5, 0.6) is 0 Å². The molecule has 1 aromatic heterocycles. The van der Waals surface area contributed by atoms with Crippen LogP contribution < -0.4 is 10.6 Å². The summed E-state index contributed by atoms with van der Waals surface area (Å²) in [6.45, 7) is 5.63. The van der Waals surface area contributed by atoms with Crippen molar-refractivity contribution >= 4 is 5.82 Å². The summed E-state index contributed by atoms with van der Waals surface area (Å²) in [5.74, 6) is 1.83. The molecule has 2 unspecified atom stereocenters. The van der Waals surface area contributed by atoms with E-state index in [0.29, 0.717) is 12.0 Å². The third-order valence-electron chi connectivity index (χ3n) is 4.81. The molecule has 2 N–H and O–H groups in total. The van der Waals surface area contributed by atoms with E-state index in [9.17, 15) is 0 Å². The van der Waals surface area contributed by atoms with Crippen LogP contribution in [0.25, 0.3) is 0 Å². The molecule has 2 fully saturated rings. The fourth-order valence-electron chi connectivity index (χ4n) is 3.50. The van der Waals surface area contributed by atoms with Crippen LogP contribution in [-0.2, 0) is 0 Å². The molecule has 2 aliphatic rings. The molecule has 0 amide bonds. The Hall–Kier alpha value is -1.13. The highest BCUT2D eigenvalue weighted by Crippen LogP contribution is 2.24. The predicted octanol–water partition coefficient (Wildman–Crippen LogP) is 1.72. The molecule has 2 heterocycles. The highest BCUT2D eigenvalue weighted by molar-refractivity contribution is 5.38. The Morgan fingerprint density at radius 2 is 1.90 bits per heavy atom. The minimum absolute atomic E-state index is 0.428. The molecule has 4 nitrogen and oxygen atoms in total. The van der Waals surface area contributed by atoms with Gasteiger partial charge in [0, 0.05) is 45.0 Å². The molecule has 1 saturated heterocycles. The fraction of sp³-hybridized carbons (Fsp3) is 0.688. The summed E-state index contributed by atoms with van der Waals surface area (Å²) in [5.41, 5.74) is 6.27. The minimum Gasteiger partial charge on any atom is -0.354 e. The Morgan fingerprint density at radius 1 is 1.10 bits per heavy atom. The van der Waals surface area contributed by atoms with Gasteiger partial charge in [-0.25, -0.2) is 4.98 Å². The number of nitrogens with zero attached hydrogens (tertiary/aromatic N) is 3. The number of rotatable bonds is 3. The van der Waals surface area contributed by atoms with Crippen molar-refractivity contribution in [2.24, 2.45) is 11.7 Å². The van der Waals surface area contributed by atoms with Crippen molar-refractivity contribution in [3.05, 3.63) is 24.4 Å². The lowest BCUT2D eigenvalue weighted by molar-refractivity contribution is 0.176. The van der Waals surface area contributed by atoms with Gasteiger partial charge in [0.25, 0.3) is 0 Å². The standard InChI is InChI=1S/C16H26N4/c17-15-6-2-1-5-14(15)13-19-9-11-20(12-10-19)16-7-3-4-8-18-16/h3-4,7-8,14-15H,1-2,5-6,9-13,17H2. The van der Waals surface area contributed by atoms with Gasteiger partial charge in [0.2, 0.25) is 0 Å². The van der Waals surface area contributed by atoms with Gasteiger partial charge >= 0.3 is 0 Å². The first-order chi connectivity index (χ1) is 9.83. The molecule has 0 radical (unpaired) electrons. The quantitative estimate of drug-likeness (QED) is 0.911. The Bertz CT molecular complexity index is 400. The smallest absolute Gasteiger partial charge is 0.128 e. The average molecular weight is 274 g/mol. The molecular formula is C16H26N4. The topological polar surface area (TPSA) is 45.4 Å². The number of pyridine rings is 1. The van der Waals surface area contributed by atoms with Crippen molar-refractivity contribution in [3.63, 3.8) is 0 Å². The molecule has 3 rings (SSSR count). The maximum Gasteiger partial charge on any atom is 0.128 e. The van der Waals surface area contributed by atoms with Gasteiger partial charge < -0.3 is 10.6 Å². The van der Waals surface area contributed by atoms with Crippen LogP contribution >= 0.6 is 0 Å². The lowest BCUT2D eigenvalue weighted by atomic mass is 9.84. The molecule has 1 aromatic rings. The first-order valence-corrected chi connectivity index (χ1v) is 7.97. The van der Waals surface area contributed by atoms with Gasteiger partial charge in [-0.2, -0.15) is 0 Å². The van der Waals surface area contributed by atoms with Crippen LogP contribution in [0.3, 0.4) is 0 Å². The van der Waals surface area contributed by atoms with Crippen LogP contribution in [0.1, 0.15) is 25.7 Å². The number of piperazine rings is 1. The van der Waals surface area contributed by atoms with E-state index in [0.717, 1.165) is 32.0 Å². The first kappa shape index (κ1) is 13.8. The molecule has 4 heteroatoms. The molecule has 1 saturated carbocycles. The van der Waals surface area contributed by atoms with E-state index in [-0.39, 0.29) is 0 Å². The molecule has 110 valence electrons. The van der Waals surface area contributed by atoms with E-state index in [2.05, 4.69) is 26.9 Å². The predicted molar refractivity (Wildman–Crippen MR) is 82.8 cm³/mol. The maximum atomic E-state index is 6.27. The molecule has 0 aromatic carbocycles. The molecule has 0 bridgehead atoms. The Morgan fingerprint density at radius 3 is 2.60 bits per heavy atom. The number of hydrogen-bond acceptors (Lipinski definition) is 4. The molecule has 1 aliphatic carbocycles. The number of nitrogens with two attached hydrogens (primary N) is 1. The summed E-state index contributed by atoms with van der Waals surface area (Å²) in [5, 5.41) is 0. The zero-order valence-corrected chi connectivity index (χ0v) is 12.2. The summed E-state index contributed by atoms with van der Waals surface area (Å²) < 4.78 is 0. The number of aromatic nitrogens is 1. The summed E-state index contributed by atoms with van der Waals surface area (Å²) in [4.78, 5) is 9.42. The number of hydrogen-bond donors (Lipinski definition) is 1. The highest BCUT2D eigenvalue weighted by atomic mass is 15.3. The van der Waals surface area contributed by atoms with Gasteiger partial charge in [0.1, 0.15) is 5.82 Å². The average Bonchev–Trinajstić information content (AvgIpc) is 2.51. The fourth-order valence-corrected chi connectivity index (χ4v) is 3.50. The normalized spacial score (nSPS) is 28.6. The summed E-state index contributed by atoms with van der Waals surface area (Å²) in [7, 11) is 0. The van der Waals surface area contributed by atoms with E-state index in [1.807, 2.05) is 12.3 Å². The second-order valence-corrected chi connectivity index (χ2v) is 6.18. The SMILES string of the molecule is NC1CCCCC1CN1CCN(c2ccccn2)CC1. The van der Waals surface area contributed by atoms with Gasteiger partial charge in [-0.05, 0) is 30.9 Å². The largest absolute Gasteiger partial charge is 0.354 e. The highest BCUT2D eigenvalue weighted by Gasteiger charge is 2.26. The van der Waals surface area contributed by atoms with Crippen LogP contribution in [0.15, 0.2) is 24.4 Å². The van der Waals surface area contributed by atoms with Gasteiger partial charge in [0.05, 0.1) is 0 Å². The molecule has 0 spiro atoms. The van der Waals surface area contributed by atoms with Gasteiger partial charge in [0.15, 0.2) is 0 Å². The van der Waals surface area contributed by atoms with Crippen molar-refractivity contribution in [1.29, 1.82) is 0 Å². The van der Waals surface area contributed by atoms with E-state index in [1.54, 1.807) is 0 Å². The lowest BCUT2D eigenvalue weighted by Crippen LogP contribution is -2.50. The van der Waals surface area contributed by atoms with Gasteiger partial charge in [-0.15, -0.1) is 0 Å². The van der Waals surface area contributed by atoms with Crippen molar-refractivity contribution in [2.45, 2.75) is 31.7 Å². The minimum atomic E-state index is 0.428. The third kappa shape index (κ3) is 3.30. The number of anilines is 1. The monoisotopic (exact) mass is 274 g/mol. The Labute approximate surface area is 122 Å². The van der Waals surface area contributed by atoms with Crippen molar-refractivity contribution in [1.82, 2.24) is 9.88 Å². The summed E-state index contributed by atoms with van der Waals surface area (Å²) >= 11 is 0. The molecule has 20 heavy (non-hydrogen) atoms. The second kappa shape index (κ2) is 6.55. The van der Waals surface area contributed by atoms with Crippen LogP contribution in [0.4, 0.5) is 5.82 Å². The molecule has 1 aliphatic heterocycles. The van der Waals surface area contributed by atoms with Crippen LogP contribution in [-0.4, -0.2) is 48.6 Å². The van der Waals surface area contributed by atoms with Gasteiger partial charge in [-0.1, -0.05) is 18.9 Å². The second-order valence-electron chi connectivity index (χ2n) is 6.18. The zero-order valence-electron chi connectivity index (χ0n) is 12.2. The third-order valence-corrected chi connectivity index (χ3v) is 4.81. The van der Waals surface area contributed by atoms with Crippen LogP contribution in [0.2, 0.25) is 0 Å². The van der Waals surface area contributed by atoms with E-state index < -0.39 is 0 Å². The van der Waals surface area contributed by atoms with E-state index in [4.69, 9.17) is 5.73 Å². The van der Waals surface area contributed by atoms with Crippen molar-refractivity contribution in [2.75, 3.05) is 37.6 Å². The Kier molecular flexibility index (Phi) is 4.53. The first-order valence-electron chi connectivity index (χ1n) is 7.97. The molecule has 2 atom stereocenters. The summed E-state index contributed by atoms with van der Waals surface area (Å²) in [6.07, 6.45) is 7.11. The van der Waals surface area contributed by atoms with Crippen LogP contribution in [0, 0.1) is 5.92 Å².